The van der Waals surface area contributed by atoms with Gasteiger partial charge in [0.2, 0.25) is 0 Å². The maximum atomic E-state index is 10.2. The van der Waals surface area contributed by atoms with Crippen LogP contribution in [0.3, 0.4) is 0 Å². The second-order valence-corrected chi connectivity index (χ2v) is 5.65. The van der Waals surface area contributed by atoms with Crippen molar-refractivity contribution in [3.8, 4) is 11.5 Å². The Hall–Kier alpha value is -2.04. The molecule has 2 aromatic rings. The smallest absolute Gasteiger partial charge is 0.118 e. The highest BCUT2D eigenvalue weighted by Gasteiger charge is 2.10. The molecule has 2 atom stereocenters. The van der Waals surface area contributed by atoms with Gasteiger partial charge in [-0.25, -0.2) is 0 Å². The molecule has 0 bridgehead atoms. The summed E-state index contributed by atoms with van der Waals surface area (Å²) in [6.45, 7) is 2.63. The van der Waals surface area contributed by atoms with Gasteiger partial charge in [-0.3, -0.25) is 0 Å². The Morgan fingerprint density at radius 1 is 0.913 bits per heavy atom. The fourth-order valence-electron chi connectivity index (χ4n) is 2.44. The lowest BCUT2D eigenvalue weighted by molar-refractivity contribution is 0.170. The van der Waals surface area contributed by atoms with Gasteiger partial charge in [0.1, 0.15) is 11.5 Å². The van der Waals surface area contributed by atoms with Crippen LogP contribution in [0.15, 0.2) is 48.5 Å². The van der Waals surface area contributed by atoms with Crippen molar-refractivity contribution in [2.24, 2.45) is 0 Å². The summed E-state index contributed by atoms with van der Waals surface area (Å²) >= 11 is 0. The Kier molecular flexibility index (Phi) is 6.44. The molecular weight excluding hydrogens is 290 g/mol. The van der Waals surface area contributed by atoms with Crippen molar-refractivity contribution in [3.63, 3.8) is 0 Å². The van der Waals surface area contributed by atoms with Crippen molar-refractivity contribution < 1.29 is 14.6 Å². The van der Waals surface area contributed by atoms with E-state index in [9.17, 15) is 5.11 Å². The number of hydrogen-bond acceptors (Lipinski definition) is 4. The van der Waals surface area contributed by atoms with E-state index in [-0.39, 0.29) is 6.04 Å². The third-order valence-electron chi connectivity index (χ3n) is 3.86. The van der Waals surface area contributed by atoms with Crippen LogP contribution in [0.25, 0.3) is 0 Å². The highest BCUT2D eigenvalue weighted by atomic mass is 16.5. The van der Waals surface area contributed by atoms with E-state index in [2.05, 4.69) is 24.4 Å². The number of benzene rings is 2. The van der Waals surface area contributed by atoms with E-state index in [0.717, 1.165) is 23.5 Å². The predicted octanol–water partition coefficient (Wildman–Crippen LogP) is 2.96. The van der Waals surface area contributed by atoms with Crippen molar-refractivity contribution >= 4 is 0 Å². The number of ether oxygens (including phenoxy) is 2. The first-order chi connectivity index (χ1) is 11.1. The summed E-state index contributed by atoms with van der Waals surface area (Å²) in [4.78, 5) is 0. The van der Waals surface area contributed by atoms with Crippen LogP contribution in [-0.2, 0) is 6.42 Å². The Balaban J connectivity index is 1.81. The first-order valence-corrected chi connectivity index (χ1v) is 7.80. The first kappa shape index (κ1) is 17.3. The molecule has 0 aliphatic carbocycles. The normalized spacial score (nSPS) is 13.4. The van der Waals surface area contributed by atoms with Gasteiger partial charge in [-0.2, -0.15) is 0 Å². The van der Waals surface area contributed by atoms with Crippen molar-refractivity contribution in [1.82, 2.24) is 5.32 Å². The lowest BCUT2D eigenvalue weighted by Crippen LogP contribution is -2.32. The molecule has 0 saturated carbocycles. The minimum absolute atomic E-state index is 0.274. The highest BCUT2D eigenvalue weighted by molar-refractivity contribution is 5.29. The quantitative estimate of drug-likeness (QED) is 0.786. The van der Waals surface area contributed by atoms with Crippen molar-refractivity contribution in [3.05, 3.63) is 59.7 Å². The Morgan fingerprint density at radius 3 is 1.96 bits per heavy atom. The van der Waals surface area contributed by atoms with Crippen LogP contribution in [0.5, 0.6) is 11.5 Å². The third kappa shape index (κ3) is 5.27. The van der Waals surface area contributed by atoms with Crippen LogP contribution in [0.1, 0.15) is 24.2 Å². The second kappa shape index (κ2) is 8.56. The molecule has 2 N–H and O–H groups in total. The molecule has 2 aromatic carbocycles. The van der Waals surface area contributed by atoms with Gasteiger partial charge in [0.25, 0.3) is 0 Å². The van der Waals surface area contributed by atoms with E-state index in [1.54, 1.807) is 14.2 Å². The van der Waals surface area contributed by atoms with Crippen LogP contribution in [0.4, 0.5) is 0 Å². The minimum Gasteiger partial charge on any atom is -0.497 e. The molecule has 0 radical (unpaired) electrons. The third-order valence-corrected chi connectivity index (χ3v) is 3.86. The van der Waals surface area contributed by atoms with Crippen LogP contribution in [-0.4, -0.2) is 31.9 Å². The summed E-state index contributed by atoms with van der Waals surface area (Å²) in [5.74, 6) is 1.66. The Labute approximate surface area is 138 Å². The molecule has 23 heavy (non-hydrogen) atoms. The zero-order valence-corrected chi connectivity index (χ0v) is 14.0. The molecule has 0 fully saturated rings. The molecule has 0 saturated heterocycles. The zero-order chi connectivity index (χ0) is 16.7. The Bertz CT molecular complexity index is 581. The summed E-state index contributed by atoms with van der Waals surface area (Å²) in [6, 6.07) is 15.8. The lowest BCUT2D eigenvalue weighted by Gasteiger charge is -2.18. The van der Waals surface area contributed by atoms with Gasteiger partial charge in [0.15, 0.2) is 0 Å². The molecule has 124 valence electrons. The van der Waals surface area contributed by atoms with Gasteiger partial charge >= 0.3 is 0 Å². The van der Waals surface area contributed by atoms with Crippen molar-refractivity contribution in [1.29, 1.82) is 0 Å². The van der Waals surface area contributed by atoms with Gasteiger partial charge < -0.3 is 19.9 Å². The van der Waals surface area contributed by atoms with Crippen LogP contribution < -0.4 is 14.8 Å². The van der Waals surface area contributed by atoms with E-state index >= 15 is 0 Å². The summed E-state index contributed by atoms with van der Waals surface area (Å²) in [6.07, 6.45) is 0.374. The van der Waals surface area contributed by atoms with Crippen molar-refractivity contribution in [2.45, 2.75) is 25.5 Å². The average molecular weight is 315 g/mol. The number of rotatable bonds is 8. The molecule has 0 spiro atoms. The zero-order valence-electron chi connectivity index (χ0n) is 14.0. The molecule has 4 nitrogen and oxygen atoms in total. The van der Waals surface area contributed by atoms with Crippen LogP contribution in [0.2, 0.25) is 0 Å². The van der Waals surface area contributed by atoms with Crippen LogP contribution >= 0.6 is 0 Å². The van der Waals surface area contributed by atoms with Gasteiger partial charge in [-0.1, -0.05) is 24.3 Å². The van der Waals surface area contributed by atoms with Crippen LogP contribution in [0, 0.1) is 0 Å². The largest absolute Gasteiger partial charge is 0.497 e. The maximum absolute atomic E-state index is 10.2. The standard InChI is InChI=1S/C19H25NO3/c1-14(12-15-4-8-17(22-2)9-5-15)20-13-19(21)16-6-10-18(23-3)11-7-16/h4-11,14,19-21H,12-13H2,1-3H3/t14?,19-/m0/s1. The topological polar surface area (TPSA) is 50.7 Å². The Morgan fingerprint density at radius 2 is 1.43 bits per heavy atom. The SMILES string of the molecule is COc1ccc(CC(C)NC[C@H](O)c2ccc(OC)cc2)cc1. The average Bonchev–Trinajstić information content (AvgIpc) is 2.60. The number of aliphatic hydroxyl groups excluding tert-OH is 1. The summed E-state index contributed by atoms with van der Waals surface area (Å²) in [5, 5.41) is 13.6. The highest BCUT2D eigenvalue weighted by Crippen LogP contribution is 2.17. The van der Waals surface area contributed by atoms with Gasteiger partial charge in [-0.15, -0.1) is 0 Å². The molecule has 0 amide bonds. The first-order valence-electron chi connectivity index (χ1n) is 7.80. The van der Waals surface area contributed by atoms with Crippen molar-refractivity contribution in [2.75, 3.05) is 20.8 Å². The monoisotopic (exact) mass is 315 g/mol. The van der Waals surface area contributed by atoms with E-state index in [0.29, 0.717) is 6.54 Å². The van der Waals surface area contributed by atoms with E-state index in [4.69, 9.17) is 9.47 Å². The number of nitrogens with one attached hydrogen (secondary N) is 1. The van der Waals surface area contributed by atoms with E-state index < -0.39 is 6.10 Å². The molecule has 0 aromatic heterocycles. The minimum atomic E-state index is -0.528. The molecule has 1 unspecified atom stereocenters. The van der Waals surface area contributed by atoms with Gasteiger partial charge in [0, 0.05) is 12.6 Å². The molecule has 2 rings (SSSR count). The fourth-order valence-corrected chi connectivity index (χ4v) is 2.44. The molecule has 0 aliphatic heterocycles. The molecule has 4 heteroatoms. The molecule has 0 aliphatic rings. The summed E-state index contributed by atoms with van der Waals surface area (Å²) in [7, 11) is 3.30. The van der Waals surface area contributed by atoms with Gasteiger partial charge in [0.05, 0.1) is 20.3 Å². The predicted molar refractivity (Wildman–Crippen MR) is 92.1 cm³/mol. The van der Waals surface area contributed by atoms with E-state index in [1.165, 1.54) is 5.56 Å². The van der Waals surface area contributed by atoms with Gasteiger partial charge in [-0.05, 0) is 48.7 Å². The lowest BCUT2D eigenvalue weighted by atomic mass is 10.1. The second-order valence-electron chi connectivity index (χ2n) is 5.65. The molecular formula is C19H25NO3. The molecule has 0 heterocycles. The van der Waals surface area contributed by atoms with E-state index in [1.807, 2.05) is 36.4 Å². The maximum Gasteiger partial charge on any atom is 0.118 e. The fraction of sp³-hybridized carbons (Fsp3) is 0.368. The number of methoxy groups -OCH3 is 2. The summed E-state index contributed by atoms with van der Waals surface area (Å²) in [5.41, 5.74) is 2.12. The summed E-state index contributed by atoms with van der Waals surface area (Å²) < 4.78 is 10.3. The number of aliphatic hydroxyl groups is 1. The number of hydrogen-bond donors (Lipinski definition) is 2.